The molecule has 1 N–H and O–H groups in total. The summed E-state index contributed by atoms with van der Waals surface area (Å²) in [5.41, 5.74) is 5.32. The summed E-state index contributed by atoms with van der Waals surface area (Å²) >= 11 is 0. The molecule has 19 heavy (non-hydrogen) atoms. The summed E-state index contributed by atoms with van der Waals surface area (Å²) < 4.78 is 0. The zero-order valence-electron chi connectivity index (χ0n) is 12.0. The molecule has 100 valence electrons. The first-order chi connectivity index (χ1) is 9.27. The molecule has 1 atom stereocenters. The molecule has 1 aromatic carbocycles. The van der Waals surface area contributed by atoms with Crippen LogP contribution in [-0.4, -0.2) is 11.5 Å². The predicted octanol–water partition coefficient (Wildman–Crippen LogP) is 3.65. The molecule has 0 saturated carbocycles. The lowest BCUT2D eigenvalue weighted by Crippen LogP contribution is -2.24. The molecule has 0 bridgehead atoms. The molecule has 0 aliphatic rings. The second kappa shape index (κ2) is 6.48. The Hall–Kier alpha value is -1.67. The van der Waals surface area contributed by atoms with Crippen molar-refractivity contribution in [2.45, 2.75) is 33.2 Å². The number of hydrogen-bond acceptors (Lipinski definition) is 2. The number of benzene rings is 1. The first-order valence-corrected chi connectivity index (χ1v) is 6.99. The maximum Gasteiger partial charge on any atom is 0.0597 e. The second-order valence-electron chi connectivity index (χ2n) is 4.78. The van der Waals surface area contributed by atoms with E-state index >= 15 is 0 Å². The number of rotatable bonds is 5. The minimum atomic E-state index is 0.231. The van der Waals surface area contributed by atoms with E-state index < -0.39 is 0 Å². The van der Waals surface area contributed by atoms with Gasteiger partial charge in [0.05, 0.1) is 6.04 Å². The first-order valence-electron chi connectivity index (χ1n) is 6.99. The fraction of sp³-hybridized carbons (Fsp3) is 0.353. The highest BCUT2D eigenvalue weighted by molar-refractivity contribution is 5.39. The molecule has 2 heteroatoms. The molecule has 0 spiro atoms. The van der Waals surface area contributed by atoms with E-state index in [1.165, 1.54) is 22.3 Å². The van der Waals surface area contributed by atoms with Crippen molar-refractivity contribution < 1.29 is 0 Å². The molecule has 0 amide bonds. The van der Waals surface area contributed by atoms with E-state index in [2.05, 4.69) is 61.4 Å². The van der Waals surface area contributed by atoms with Gasteiger partial charge in [0.25, 0.3) is 0 Å². The van der Waals surface area contributed by atoms with Crippen molar-refractivity contribution in [3.63, 3.8) is 0 Å². The average molecular weight is 254 g/mol. The van der Waals surface area contributed by atoms with Crippen molar-refractivity contribution in [2.24, 2.45) is 0 Å². The van der Waals surface area contributed by atoms with E-state index in [4.69, 9.17) is 0 Å². The van der Waals surface area contributed by atoms with Gasteiger partial charge in [-0.05, 0) is 48.2 Å². The quantitative estimate of drug-likeness (QED) is 0.881. The Morgan fingerprint density at radius 1 is 1.11 bits per heavy atom. The average Bonchev–Trinajstić information content (AvgIpc) is 2.46. The maximum absolute atomic E-state index is 4.29. The lowest BCUT2D eigenvalue weighted by Gasteiger charge is -2.22. The van der Waals surface area contributed by atoms with Crippen LogP contribution in [0.15, 0.2) is 42.7 Å². The van der Waals surface area contributed by atoms with E-state index in [1.54, 1.807) is 0 Å². The third-order valence-electron chi connectivity index (χ3n) is 3.55. The number of pyridine rings is 1. The number of aromatic nitrogens is 1. The van der Waals surface area contributed by atoms with E-state index in [-0.39, 0.29) is 6.04 Å². The van der Waals surface area contributed by atoms with Gasteiger partial charge in [-0.25, -0.2) is 0 Å². The van der Waals surface area contributed by atoms with Gasteiger partial charge in [-0.15, -0.1) is 0 Å². The van der Waals surface area contributed by atoms with Crippen molar-refractivity contribution in [1.82, 2.24) is 10.3 Å². The van der Waals surface area contributed by atoms with E-state index in [0.29, 0.717) is 0 Å². The highest BCUT2D eigenvalue weighted by Gasteiger charge is 2.17. The normalized spacial score (nSPS) is 12.4. The third kappa shape index (κ3) is 3.02. The Morgan fingerprint density at radius 2 is 1.89 bits per heavy atom. The van der Waals surface area contributed by atoms with Gasteiger partial charge in [-0.2, -0.15) is 0 Å². The number of nitrogens with zero attached hydrogens (tertiary/aromatic N) is 1. The molecular weight excluding hydrogens is 232 g/mol. The highest BCUT2D eigenvalue weighted by Crippen LogP contribution is 2.27. The van der Waals surface area contributed by atoms with Crippen LogP contribution in [0.4, 0.5) is 0 Å². The topological polar surface area (TPSA) is 24.9 Å². The molecule has 0 aliphatic carbocycles. The molecule has 2 nitrogen and oxygen atoms in total. The number of aryl methyl sites for hydroxylation is 2. The minimum Gasteiger partial charge on any atom is -0.306 e. The summed E-state index contributed by atoms with van der Waals surface area (Å²) in [6.07, 6.45) is 4.89. The van der Waals surface area contributed by atoms with E-state index in [1.807, 2.05) is 12.4 Å². The van der Waals surface area contributed by atoms with Crippen LogP contribution in [0.2, 0.25) is 0 Å². The fourth-order valence-electron chi connectivity index (χ4n) is 2.51. The largest absolute Gasteiger partial charge is 0.306 e. The summed E-state index contributed by atoms with van der Waals surface area (Å²) in [5, 5.41) is 3.59. The third-order valence-corrected chi connectivity index (χ3v) is 3.55. The first kappa shape index (κ1) is 13.8. The van der Waals surface area contributed by atoms with Crippen LogP contribution in [0.25, 0.3) is 0 Å². The number of hydrogen-bond donors (Lipinski definition) is 1. The summed E-state index contributed by atoms with van der Waals surface area (Å²) in [7, 11) is 0. The zero-order chi connectivity index (χ0) is 13.7. The Labute approximate surface area is 115 Å². The van der Waals surface area contributed by atoms with Crippen LogP contribution in [0.5, 0.6) is 0 Å². The summed E-state index contributed by atoms with van der Waals surface area (Å²) in [4.78, 5) is 4.29. The van der Waals surface area contributed by atoms with Gasteiger partial charge < -0.3 is 5.32 Å². The molecule has 2 rings (SSSR count). The molecule has 0 fully saturated rings. The second-order valence-corrected chi connectivity index (χ2v) is 4.78. The molecule has 1 aromatic heterocycles. The van der Waals surface area contributed by atoms with Crippen molar-refractivity contribution in [1.29, 1.82) is 0 Å². The van der Waals surface area contributed by atoms with Crippen LogP contribution >= 0.6 is 0 Å². The highest BCUT2D eigenvalue weighted by atomic mass is 14.9. The van der Waals surface area contributed by atoms with Crippen molar-refractivity contribution in [3.8, 4) is 0 Å². The standard InChI is InChI=1S/C17H22N2/c1-4-14-8-6-7-9-15(14)17(19-5-2)16-12-18-11-10-13(16)3/h6-12,17,19H,4-5H2,1-3H3. The van der Waals surface area contributed by atoms with Crippen LogP contribution in [0.1, 0.15) is 42.1 Å². The van der Waals surface area contributed by atoms with Crippen LogP contribution in [0.3, 0.4) is 0 Å². The summed E-state index contributed by atoms with van der Waals surface area (Å²) in [6.45, 7) is 7.44. The van der Waals surface area contributed by atoms with Crippen LogP contribution in [-0.2, 0) is 6.42 Å². The van der Waals surface area contributed by atoms with E-state index in [9.17, 15) is 0 Å². The van der Waals surface area contributed by atoms with Crippen molar-refractivity contribution in [3.05, 3.63) is 65.0 Å². The maximum atomic E-state index is 4.29. The summed E-state index contributed by atoms with van der Waals surface area (Å²) in [6, 6.07) is 11.0. The number of nitrogens with one attached hydrogen (secondary N) is 1. The molecule has 2 aromatic rings. The lowest BCUT2D eigenvalue weighted by molar-refractivity contribution is 0.620. The Kier molecular flexibility index (Phi) is 4.69. The molecule has 1 unspecified atom stereocenters. The van der Waals surface area contributed by atoms with Gasteiger partial charge in [0.2, 0.25) is 0 Å². The minimum absolute atomic E-state index is 0.231. The van der Waals surface area contributed by atoms with Crippen LogP contribution < -0.4 is 5.32 Å². The van der Waals surface area contributed by atoms with Crippen molar-refractivity contribution in [2.75, 3.05) is 6.54 Å². The van der Waals surface area contributed by atoms with Gasteiger partial charge in [-0.1, -0.05) is 38.1 Å². The van der Waals surface area contributed by atoms with Gasteiger partial charge >= 0.3 is 0 Å². The van der Waals surface area contributed by atoms with Gasteiger partial charge in [0, 0.05) is 12.4 Å². The van der Waals surface area contributed by atoms with Crippen molar-refractivity contribution >= 4 is 0 Å². The van der Waals surface area contributed by atoms with Gasteiger partial charge in [-0.3, -0.25) is 4.98 Å². The Bertz CT molecular complexity index is 534. The van der Waals surface area contributed by atoms with Gasteiger partial charge in [0.1, 0.15) is 0 Å². The molecule has 0 radical (unpaired) electrons. The Morgan fingerprint density at radius 3 is 2.58 bits per heavy atom. The van der Waals surface area contributed by atoms with Crippen LogP contribution in [0, 0.1) is 6.92 Å². The lowest BCUT2D eigenvalue weighted by atomic mass is 9.92. The van der Waals surface area contributed by atoms with E-state index in [0.717, 1.165) is 13.0 Å². The monoisotopic (exact) mass is 254 g/mol. The Balaban J connectivity index is 2.49. The SMILES string of the molecule is CCNC(c1cnccc1C)c1ccccc1CC. The van der Waals surface area contributed by atoms with Gasteiger partial charge in [0.15, 0.2) is 0 Å². The predicted molar refractivity (Wildman–Crippen MR) is 80.3 cm³/mol. The molecule has 1 heterocycles. The molecule has 0 aliphatic heterocycles. The smallest absolute Gasteiger partial charge is 0.0597 e. The molecular formula is C17H22N2. The molecule has 0 saturated heterocycles. The summed E-state index contributed by atoms with van der Waals surface area (Å²) in [5.74, 6) is 0. The fourth-order valence-corrected chi connectivity index (χ4v) is 2.51. The zero-order valence-corrected chi connectivity index (χ0v) is 12.0.